The van der Waals surface area contributed by atoms with E-state index in [1.807, 2.05) is 20.8 Å². The van der Waals surface area contributed by atoms with Gasteiger partial charge < -0.3 is 9.47 Å². The van der Waals surface area contributed by atoms with Crippen LogP contribution in [0.4, 0.5) is 17.6 Å². The van der Waals surface area contributed by atoms with Crippen LogP contribution in [0.5, 0.6) is 0 Å². The summed E-state index contributed by atoms with van der Waals surface area (Å²) in [6.45, 7) is 6.26. The number of rotatable bonds is 6. The highest BCUT2D eigenvalue weighted by Gasteiger charge is 2.41. The predicted octanol–water partition coefficient (Wildman–Crippen LogP) is 2.40. The Morgan fingerprint density at radius 2 is 2.05 bits per heavy atom. The van der Waals surface area contributed by atoms with Crippen LogP contribution in [0, 0.1) is 0 Å². The normalized spacial score (nSPS) is 24.9. The highest BCUT2D eigenvalue weighted by atomic mass is 19.3. The third-order valence-corrected chi connectivity index (χ3v) is 3.17. The van der Waals surface area contributed by atoms with Crippen molar-refractivity contribution in [1.29, 1.82) is 0 Å². The molecule has 0 aliphatic carbocycles. The van der Waals surface area contributed by atoms with Crippen LogP contribution in [0.25, 0.3) is 0 Å². The van der Waals surface area contributed by atoms with Crippen molar-refractivity contribution in [3.8, 4) is 0 Å². The first-order valence-electron chi connectivity index (χ1n) is 6.25. The molecule has 0 radical (unpaired) electrons. The lowest BCUT2D eigenvalue weighted by Gasteiger charge is -2.44. The molecular formula is C12H21F4NO2. The van der Waals surface area contributed by atoms with Gasteiger partial charge in [0, 0.05) is 18.6 Å². The van der Waals surface area contributed by atoms with E-state index >= 15 is 0 Å². The minimum absolute atomic E-state index is 0.00153. The first kappa shape index (κ1) is 16.7. The first-order chi connectivity index (χ1) is 8.65. The van der Waals surface area contributed by atoms with Crippen molar-refractivity contribution < 1.29 is 27.0 Å². The molecule has 0 saturated carbocycles. The molecule has 1 saturated heterocycles. The molecule has 1 aliphatic heterocycles. The van der Waals surface area contributed by atoms with Gasteiger partial charge in [-0.05, 0) is 20.8 Å². The van der Waals surface area contributed by atoms with Crippen molar-refractivity contribution in [2.75, 3.05) is 32.9 Å². The van der Waals surface area contributed by atoms with E-state index in [0.29, 0.717) is 19.7 Å². The summed E-state index contributed by atoms with van der Waals surface area (Å²) in [4.78, 5) is 2.06. The second-order valence-corrected chi connectivity index (χ2v) is 5.49. The van der Waals surface area contributed by atoms with Crippen LogP contribution in [-0.4, -0.2) is 61.8 Å². The summed E-state index contributed by atoms with van der Waals surface area (Å²) in [5.41, 5.74) is -0.207. The maximum atomic E-state index is 12.6. The Morgan fingerprint density at radius 1 is 1.42 bits per heavy atom. The summed E-state index contributed by atoms with van der Waals surface area (Å²) < 4.78 is 59.3. The van der Waals surface area contributed by atoms with Crippen LogP contribution in [0.1, 0.15) is 20.8 Å². The number of hydrogen-bond donors (Lipinski definition) is 0. The number of alkyl halides is 4. The summed E-state index contributed by atoms with van der Waals surface area (Å²) in [6, 6.07) is 0. The highest BCUT2D eigenvalue weighted by Crippen LogP contribution is 2.24. The maximum absolute atomic E-state index is 12.6. The zero-order chi connectivity index (χ0) is 14.7. The number of hydrogen-bond acceptors (Lipinski definition) is 3. The molecule has 1 fully saturated rings. The number of halogens is 4. The molecule has 7 heteroatoms. The molecule has 1 atom stereocenters. The summed E-state index contributed by atoms with van der Waals surface area (Å²) in [5.74, 6) is -4.08. The number of morpholine rings is 1. The van der Waals surface area contributed by atoms with Crippen LogP contribution >= 0.6 is 0 Å². The molecule has 1 heterocycles. The Kier molecular flexibility index (Phi) is 5.58. The van der Waals surface area contributed by atoms with Crippen molar-refractivity contribution in [2.24, 2.45) is 0 Å². The smallest absolute Gasteiger partial charge is 0.330 e. The zero-order valence-corrected chi connectivity index (χ0v) is 11.5. The third kappa shape index (κ3) is 4.89. The Balaban J connectivity index is 2.32. The molecular weight excluding hydrogens is 266 g/mol. The Hall–Kier alpha value is -0.400. The van der Waals surface area contributed by atoms with Gasteiger partial charge in [-0.25, -0.2) is 8.78 Å². The molecule has 0 aromatic heterocycles. The lowest BCUT2D eigenvalue weighted by atomic mass is 10.0. The fourth-order valence-corrected chi connectivity index (χ4v) is 1.89. The van der Waals surface area contributed by atoms with Gasteiger partial charge in [0.1, 0.15) is 6.61 Å². The fraction of sp³-hybridized carbons (Fsp3) is 1.00. The average molecular weight is 287 g/mol. The van der Waals surface area contributed by atoms with Crippen LogP contribution in [0.2, 0.25) is 0 Å². The first-order valence-corrected chi connectivity index (χ1v) is 6.25. The van der Waals surface area contributed by atoms with Gasteiger partial charge in [-0.3, -0.25) is 4.90 Å². The maximum Gasteiger partial charge on any atom is 0.330 e. The Bertz CT molecular complexity index is 287. The van der Waals surface area contributed by atoms with E-state index in [2.05, 4.69) is 9.64 Å². The van der Waals surface area contributed by atoms with E-state index in [0.717, 1.165) is 0 Å². The van der Waals surface area contributed by atoms with Crippen LogP contribution in [-0.2, 0) is 9.47 Å². The van der Waals surface area contributed by atoms with Gasteiger partial charge >= 0.3 is 12.3 Å². The monoisotopic (exact) mass is 287 g/mol. The quantitative estimate of drug-likeness (QED) is 0.553. The zero-order valence-electron chi connectivity index (χ0n) is 11.5. The molecule has 0 N–H and O–H groups in total. The standard InChI is InChI=1S/C12H21F4NO2/c1-9-6-17(11(2,3)7-19-9)4-5-18-8-12(15,16)10(13)14/h9-10H,4-8H2,1-3H3/t9-/m1/s1. The van der Waals surface area contributed by atoms with Gasteiger partial charge in [0.05, 0.1) is 19.3 Å². The second kappa shape index (κ2) is 6.37. The summed E-state index contributed by atoms with van der Waals surface area (Å²) >= 11 is 0. The fourth-order valence-electron chi connectivity index (χ4n) is 1.89. The molecule has 0 unspecified atom stereocenters. The molecule has 3 nitrogen and oxygen atoms in total. The summed E-state index contributed by atoms with van der Waals surface area (Å²) in [5, 5.41) is 0. The average Bonchev–Trinajstić information content (AvgIpc) is 2.29. The second-order valence-electron chi connectivity index (χ2n) is 5.49. The molecule has 0 bridgehead atoms. The van der Waals surface area contributed by atoms with E-state index in [1.54, 1.807) is 0 Å². The van der Waals surface area contributed by atoms with Crippen LogP contribution < -0.4 is 0 Å². The molecule has 19 heavy (non-hydrogen) atoms. The van der Waals surface area contributed by atoms with Gasteiger partial charge in [-0.2, -0.15) is 8.78 Å². The third-order valence-electron chi connectivity index (χ3n) is 3.17. The van der Waals surface area contributed by atoms with Crippen molar-refractivity contribution in [2.45, 2.75) is 44.8 Å². The molecule has 1 aliphatic rings. The van der Waals surface area contributed by atoms with E-state index in [-0.39, 0.29) is 18.2 Å². The minimum Gasteiger partial charge on any atom is -0.375 e. The predicted molar refractivity (Wildman–Crippen MR) is 62.8 cm³/mol. The van der Waals surface area contributed by atoms with Gasteiger partial charge in [-0.1, -0.05) is 0 Å². The SMILES string of the molecule is C[C@@H]1CN(CCOCC(F)(F)C(F)F)C(C)(C)CO1. The van der Waals surface area contributed by atoms with Gasteiger partial charge in [0.25, 0.3) is 0 Å². The summed E-state index contributed by atoms with van der Waals surface area (Å²) in [6.07, 6.45) is -3.62. The highest BCUT2D eigenvalue weighted by molar-refractivity contribution is 4.86. The lowest BCUT2D eigenvalue weighted by molar-refractivity contribution is -0.169. The van der Waals surface area contributed by atoms with Crippen LogP contribution in [0.15, 0.2) is 0 Å². The molecule has 0 aromatic carbocycles. The number of nitrogens with zero attached hydrogens (tertiary/aromatic N) is 1. The summed E-state index contributed by atoms with van der Waals surface area (Å²) in [7, 11) is 0. The molecule has 1 rings (SSSR count). The molecule has 0 amide bonds. The molecule has 114 valence electrons. The Morgan fingerprint density at radius 3 is 2.63 bits per heavy atom. The largest absolute Gasteiger partial charge is 0.375 e. The van der Waals surface area contributed by atoms with E-state index in [4.69, 9.17) is 4.74 Å². The van der Waals surface area contributed by atoms with Crippen molar-refractivity contribution in [3.63, 3.8) is 0 Å². The van der Waals surface area contributed by atoms with Crippen molar-refractivity contribution in [3.05, 3.63) is 0 Å². The van der Waals surface area contributed by atoms with E-state index < -0.39 is 19.0 Å². The van der Waals surface area contributed by atoms with Gasteiger partial charge in [0.2, 0.25) is 0 Å². The van der Waals surface area contributed by atoms with Crippen LogP contribution in [0.3, 0.4) is 0 Å². The topological polar surface area (TPSA) is 21.7 Å². The van der Waals surface area contributed by atoms with E-state index in [1.165, 1.54) is 0 Å². The van der Waals surface area contributed by atoms with Crippen molar-refractivity contribution in [1.82, 2.24) is 4.90 Å². The molecule has 0 spiro atoms. The lowest BCUT2D eigenvalue weighted by Crippen LogP contribution is -2.56. The Labute approximate surface area is 110 Å². The van der Waals surface area contributed by atoms with Gasteiger partial charge in [0.15, 0.2) is 0 Å². The van der Waals surface area contributed by atoms with Gasteiger partial charge in [-0.15, -0.1) is 0 Å². The number of ether oxygens (including phenoxy) is 2. The minimum atomic E-state index is -4.08. The van der Waals surface area contributed by atoms with Crippen molar-refractivity contribution >= 4 is 0 Å². The molecule has 0 aromatic rings. The van der Waals surface area contributed by atoms with E-state index in [9.17, 15) is 17.6 Å².